The van der Waals surface area contributed by atoms with Crippen LogP contribution in [0.4, 0.5) is 11.9 Å². The van der Waals surface area contributed by atoms with Gasteiger partial charge in [-0.3, -0.25) is 0 Å². The highest BCUT2D eigenvalue weighted by Crippen LogP contribution is 2.08. The summed E-state index contributed by atoms with van der Waals surface area (Å²) < 4.78 is 10.2. The summed E-state index contributed by atoms with van der Waals surface area (Å²) in [6, 6.07) is 0.241. The SMILES string of the molecule is CCOc1nc(N)nc(NCCN(C)CCOC)n1. The van der Waals surface area contributed by atoms with Crippen LogP contribution in [0.1, 0.15) is 6.92 Å². The first-order chi connectivity index (χ1) is 9.15. The minimum Gasteiger partial charge on any atom is -0.464 e. The number of methoxy groups -OCH3 is 1. The molecule has 0 aliphatic carbocycles. The second-order valence-corrected chi connectivity index (χ2v) is 3.96. The zero-order valence-electron chi connectivity index (χ0n) is 11.7. The summed E-state index contributed by atoms with van der Waals surface area (Å²) in [7, 11) is 3.71. The predicted molar refractivity (Wildman–Crippen MR) is 73.3 cm³/mol. The van der Waals surface area contributed by atoms with Gasteiger partial charge in [-0.15, -0.1) is 0 Å². The van der Waals surface area contributed by atoms with E-state index >= 15 is 0 Å². The third kappa shape index (κ3) is 6.16. The van der Waals surface area contributed by atoms with Crippen LogP contribution in [0.25, 0.3) is 0 Å². The Kier molecular flexibility index (Phi) is 6.83. The number of hydrogen-bond acceptors (Lipinski definition) is 8. The van der Waals surface area contributed by atoms with Gasteiger partial charge in [0.15, 0.2) is 0 Å². The Balaban J connectivity index is 2.40. The molecule has 0 radical (unpaired) electrons. The lowest BCUT2D eigenvalue weighted by Crippen LogP contribution is -2.28. The van der Waals surface area contributed by atoms with E-state index in [4.69, 9.17) is 15.2 Å². The molecule has 0 aromatic carbocycles. The highest BCUT2D eigenvalue weighted by molar-refractivity contribution is 5.32. The van der Waals surface area contributed by atoms with E-state index in [2.05, 4.69) is 25.2 Å². The van der Waals surface area contributed by atoms with Gasteiger partial charge in [0.25, 0.3) is 0 Å². The van der Waals surface area contributed by atoms with Crippen molar-refractivity contribution in [2.45, 2.75) is 6.92 Å². The summed E-state index contributed by atoms with van der Waals surface area (Å²) >= 11 is 0. The van der Waals surface area contributed by atoms with Crippen LogP contribution in [0.2, 0.25) is 0 Å². The lowest BCUT2D eigenvalue weighted by Gasteiger charge is -2.16. The molecule has 3 N–H and O–H groups in total. The van der Waals surface area contributed by atoms with Crippen molar-refractivity contribution in [3.05, 3.63) is 0 Å². The normalized spacial score (nSPS) is 10.7. The second kappa shape index (κ2) is 8.44. The van der Waals surface area contributed by atoms with Crippen molar-refractivity contribution in [2.24, 2.45) is 0 Å². The molecule has 19 heavy (non-hydrogen) atoms. The molecule has 8 heteroatoms. The van der Waals surface area contributed by atoms with Gasteiger partial charge in [-0.25, -0.2) is 0 Å². The van der Waals surface area contributed by atoms with Crippen LogP contribution in [0.3, 0.4) is 0 Å². The predicted octanol–water partition coefficient (Wildman–Crippen LogP) is -0.157. The number of rotatable bonds is 9. The first-order valence-corrected chi connectivity index (χ1v) is 6.21. The summed E-state index contributed by atoms with van der Waals surface area (Å²) in [6.07, 6.45) is 0. The number of nitrogens with zero attached hydrogens (tertiary/aromatic N) is 4. The van der Waals surface area contributed by atoms with Crippen molar-refractivity contribution >= 4 is 11.9 Å². The van der Waals surface area contributed by atoms with Gasteiger partial charge in [0.2, 0.25) is 11.9 Å². The Hall–Kier alpha value is -1.67. The minimum absolute atomic E-state index is 0.147. The Morgan fingerprint density at radius 3 is 2.74 bits per heavy atom. The van der Waals surface area contributed by atoms with Crippen molar-refractivity contribution in [2.75, 3.05) is 58.1 Å². The maximum atomic E-state index is 5.58. The van der Waals surface area contributed by atoms with Crippen LogP contribution >= 0.6 is 0 Å². The summed E-state index contributed by atoms with van der Waals surface area (Å²) in [5.74, 6) is 0.574. The van der Waals surface area contributed by atoms with E-state index < -0.39 is 0 Å². The average molecular weight is 270 g/mol. The molecule has 1 heterocycles. The van der Waals surface area contributed by atoms with Gasteiger partial charge >= 0.3 is 6.01 Å². The number of likely N-dealkylation sites (N-methyl/N-ethyl adjacent to an activating group) is 1. The third-order valence-electron chi connectivity index (χ3n) is 2.36. The molecule has 0 spiro atoms. The summed E-state index contributed by atoms with van der Waals surface area (Å²) in [6.45, 7) is 5.49. The fraction of sp³-hybridized carbons (Fsp3) is 0.727. The van der Waals surface area contributed by atoms with Gasteiger partial charge in [-0.1, -0.05) is 0 Å². The fourth-order valence-electron chi connectivity index (χ4n) is 1.36. The molecule has 0 aliphatic heterocycles. The maximum Gasteiger partial charge on any atom is 0.323 e. The van der Waals surface area contributed by atoms with E-state index in [1.165, 1.54) is 0 Å². The van der Waals surface area contributed by atoms with Gasteiger partial charge in [0.05, 0.1) is 13.2 Å². The molecule has 0 atom stereocenters. The Morgan fingerprint density at radius 2 is 2.05 bits per heavy atom. The van der Waals surface area contributed by atoms with Crippen LogP contribution < -0.4 is 15.8 Å². The number of ether oxygens (including phenoxy) is 2. The molecule has 108 valence electrons. The van der Waals surface area contributed by atoms with Crippen LogP contribution in [0.5, 0.6) is 6.01 Å². The second-order valence-electron chi connectivity index (χ2n) is 3.96. The van der Waals surface area contributed by atoms with Crippen molar-refractivity contribution in [1.82, 2.24) is 19.9 Å². The van der Waals surface area contributed by atoms with Gasteiger partial charge in [-0.2, -0.15) is 15.0 Å². The number of anilines is 2. The molecule has 0 saturated carbocycles. The zero-order valence-corrected chi connectivity index (χ0v) is 11.7. The van der Waals surface area contributed by atoms with Crippen molar-refractivity contribution in [3.63, 3.8) is 0 Å². The molecule has 0 aliphatic rings. The summed E-state index contributed by atoms with van der Waals surface area (Å²) in [4.78, 5) is 14.1. The fourth-order valence-corrected chi connectivity index (χ4v) is 1.36. The van der Waals surface area contributed by atoms with Crippen molar-refractivity contribution < 1.29 is 9.47 Å². The van der Waals surface area contributed by atoms with Crippen LogP contribution in [-0.2, 0) is 4.74 Å². The molecule has 1 aromatic heterocycles. The van der Waals surface area contributed by atoms with E-state index in [9.17, 15) is 0 Å². The van der Waals surface area contributed by atoms with Crippen LogP contribution in [0, 0.1) is 0 Å². The number of nitrogens with one attached hydrogen (secondary N) is 1. The Bertz CT molecular complexity index is 376. The zero-order chi connectivity index (χ0) is 14.1. The first kappa shape index (κ1) is 15.4. The van der Waals surface area contributed by atoms with E-state index in [0.29, 0.717) is 25.7 Å². The van der Waals surface area contributed by atoms with Crippen molar-refractivity contribution in [3.8, 4) is 6.01 Å². The number of hydrogen-bond donors (Lipinski definition) is 2. The molecule has 1 rings (SSSR count). The Labute approximate surface area is 113 Å². The molecule has 0 amide bonds. The van der Waals surface area contributed by atoms with Crippen LogP contribution in [0.15, 0.2) is 0 Å². The number of aromatic nitrogens is 3. The first-order valence-electron chi connectivity index (χ1n) is 6.21. The summed E-state index contributed by atoms with van der Waals surface area (Å²) in [5.41, 5.74) is 5.58. The third-order valence-corrected chi connectivity index (χ3v) is 2.36. The molecule has 0 unspecified atom stereocenters. The molecular weight excluding hydrogens is 248 g/mol. The molecule has 8 nitrogen and oxygen atoms in total. The largest absolute Gasteiger partial charge is 0.464 e. The van der Waals surface area contributed by atoms with E-state index in [-0.39, 0.29) is 12.0 Å². The highest BCUT2D eigenvalue weighted by atomic mass is 16.5. The topological polar surface area (TPSA) is 98.4 Å². The van der Waals surface area contributed by atoms with Crippen LogP contribution in [-0.4, -0.2) is 66.9 Å². The quantitative estimate of drug-likeness (QED) is 0.639. The molecule has 1 aromatic rings. The number of nitrogen functional groups attached to an aromatic ring is 1. The Morgan fingerprint density at radius 1 is 1.26 bits per heavy atom. The smallest absolute Gasteiger partial charge is 0.323 e. The van der Waals surface area contributed by atoms with E-state index in [1.807, 2.05) is 14.0 Å². The van der Waals surface area contributed by atoms with Crippen molar-refractivity contribution in [1.29, 1.82) is 0 Å². The van der Waals surface area contributed by atoms with Gasteiger partial charge in [0, 0.05) is 26.7 Å². The lowest BCUT2D eigenvalue weighted by atomic mass is 10.5. The van der Waals surface area contributed by atoms with Gasteiger partial charge < -0.3 is 25.4 Å². The minimum atomic E-state index is 0.147. The lowest BCUT2D eigenvalue weighted by molar-refractivity contribution is 0.163. The highest BCUT2D eigenvalue weighted by Gasteiger charge is 2.05. The average Bonchev–Trinajstić information content (AvgIpc) is 2.36. The van der Waals surface area contributed by atoms with E-state index in [1.54, 1.807) is 7.11 Å². The molecule has 0 saturated heterocycles. The van der Waals surface area contributed by atoms with Gasteiger partial charge in [-0.05, 0) is 14.0 Å². The monoisotopic (exact) mass is 270 g/mol. The molecular formula is C11H22N6O2. The maximum absolute atomic E-state index is 5.58. The van der Waals surface area contributed by atoms with E-state index in [0.717, 1.165) is 13.1 Å². The summed E-state index contributed by atoms with van der Waals surface area (Å²) in [5, 5.41) is 3.09. The number of nitrogens with two attached hydrogens (primary N) is 1. The molecule has 0 fully saturated rings. The standard InChI is InChI=1S/C11H22N6O2/c1-4-19-11-15-9(12)14-10(16-11)13-5-6-17(2)7-8-18-3/h4-8H2,1-3H3,(H3,12,13,14,15,16). The molecule has 0 bridgehead atoms. The van der Waals surface area contributed by atoms with Gasteiger partial charge in [0.1, 0.15) is 0 Å².